The van der Waals surface area contributed by atoms with Gasteiger partial charge in [-0.15, -0.1) is 0 Å². The van der Waals surface area contributed by atoms with Crippen LogP contribution < -0.4 is 15.8 Å². The molecule has 5 rings (SSSR count). The zero-order valence-corrected chi connectivity index (χ0v) is 20.0. The molecule has 2 aromatic carbocycles. The van der Waals surface area contributed by atoms with Crippen molar-refractivity contribution in [1.29, 1.82) is 0 Å². The molecule has 0 bridgehead atoms. The van der Waals surface area contributed by atoms with E-state index in [1.807, 2.05) is 50.2 Å². The molecular formula is C26H30N6O3. The van der Waals surface area contributed by atoms with Crippen molar-refractivity contribution in [1.82, 2.24) is 19.3 Å². The predicted octanol–water partition coefficient (Wildman–Crippen LogP) is 5.24. The Morgan fingerprint density at radius 1 is 1.20 bits per heavy atom. The number of carbonyl (C=O) groups is 1. The molecule has 4 aromatic rings. The number of aromatic nitrogens is 4. The highest BCUT2D eigenvalue weighted by atomic mass is 16.6. The third kappa shape index (κ3) is 4.80. The van der Waals surface area contributed by atoms with Gasteiger partial charge in [0.25, 0.3) is 0 Å². The highest BCUT2D eigenvalue weighted by molar-refractivity contribution is 6.02. The molecule has 0 unspecified atom stereocenters. The van der Waals surface area contributed by atoms with Gasteiger partial charge in [0.05, 0.1) is 29.5 Å². The van der Waals surface area contributed by atoms with Gasteiger partial charge in [-0.05, 0) is 63.4 Å². The Bertz CT molecular complexity index is 1310. The maximum absolute atomic E-state index is 11.9. The van der Waals surface area contributed by atoms with Crippen LogP contribution >= 0.6 is 0 Å². The van der Waals surface area contributed by atoms with E-state index >= 15 is 0 Å². The Kier molecular flexibility index (Phi) is 6.31. The van der Waals surface area contributed by atoms with Gasteiger partial charge in [0.2, 0.25) is 0 Å². The molecule has 35 heavy (non-hydrogen) atoms. The highest BCUT2D eigenvalue weighted by Gasteiger charge is 2.27. The molecule has 9 nitrogen and oxygen atoms in total. The van der Waals surface area contributed by atoms with Gasteiger partial charge in [-0.1, -0.05) is 12.1 Å². The van der Waals surface area contributed by atoms with Crippen molar-refractivity contribution >= 4 is 28.4 Å². The first-order chi connectivity index (χ1) is 17.0. The number of hydrogen-bond acceptors (Lipinski definition) is 6. The van der Waals surface area contributed by atoms with Crippen molar-refractivity contribution in [2.45, 2.75) is 51.8 Å². The smallest absolute Gasteiger partial charge is 0.411 e. The molecule has 9 heteroatoms. The van der Waals surface area contributed by atoms with E-state index in [1.165, 1.54) is 12.7 Å². The van der Waals surface area contributed by atoms with Crippen LogP contribution in [-0.4, -0.2) is 38.1 Å². The summed E-state index contributed by atoms with van der Waals surface area (Å²) in [5.74, 6) is 0.768. The summed E-state index contributed by atoms with van der Waals surface area (Å²) < 4.78 is 15.2. The minimum absolute atomic E-state index is 0.177. The molecule has 0 saturated heterocycles. The summed E-state index contributed by atoms with van der Waals surface area (Å²) in [5, 5.41) is 7.85. The third-order valence-corrected chi connectivity index (χ3v) is 6.26. The Labute approximate surface area is 203 Å². The van der Waals surface area contributed by atoms with Crippen LogP contribution in [0.3, 0.4) is 0 Å². The number of benzene rings is 2. The molecule has 3 N–H and O–H groups in total. The molecule has 0 radical (unpaired) electrons. The van der Waals surface area contributed by atoms with Gasteiger partial charge >= 0.3 is 6.09 Å². The van der Waals surface area contributed by atoms with Gasteiger partial charge < -0.3 is 19.8 Å². The summed E-state index contributed by atoms with van der Waals surface area (Å²) in [6.45, 7) is 4.74. The lowest BCUT2D eigenvalue weighted by atomic mass is 9.92. The fourth-order valence-corrected chi connectivity index (χ4v) is 4.41. The van der Waals surface area contributed by atoms with E-state index in [0.29, 0.717) is 24.9 Å². The number of carbonyl (C=O) groups excluding carboxylic acids is 1. The van der Waals surface area contributed by atoms with Crippen LogP contribution in [0, 0.1) is 0 Å². The Hall–Kier alpha value is -4.01. The molecule has 2 aromatic heterocycles. The van der Waals surface area contributed by atoms with Crippen LogP contribution in [0.4, 0.5) is 16.2 Å². The predicted molar refractivity (Wildman–Crippen MR) is 135 cm³/mol. The van der Waals surface area contributed by atoms with Gasteiger partial charge in [0, 0.05) is 22.7 Å². The van der Waals surface area contributed by atoms with Gasteiger partial charge in [0.15, 0.2) is 0 Å². The number of nitrogens with one attached hydrogen (secondary N) is 1. The molecule has 182 valence electrons. The molecule has 1 aliphatic carbocycles. The lowest BCUT2D eigenvalue weighted by Gasteiger charge is -2.30. The van der Waals surface area contributed by atoms with Crippen LogP contribution in [0.15, 0.2) is 55.1 Å². The highest BCUT2D eigenvalue weighted by Crippen LogP contribution is 2.44. The van der Waals surface area contributed by atoms with E-state index < -0.39 is 6.09 Å². The molecule has 1 amide bonds. The summed E-state index contributed by atoms with van der Waals surface area (Å²) in [5.41, 5.74) is 11.3. The number of hydrogen-bond donors (Lipinski definition) is 2. The standard InChI is InChI=1S/C26H30N6O3/c1-17(2)35-26(33)30-19-8-6-18(7-9-19)25-24(27)22-14-21(34-13-12-31-16-28-15-29-31)10-11-23(22)32(25)20-4-3-5-20/h6-11,14-17,20H,3-5,12-13,27H2,1-2H3,(H,30,33). The summed E-state index contributed by atoms with van der Waals surface area (Å²) in [4.78, 5) is 15.9. The van der Waals surface area contributed by atoms with Gasteiger partial charge in [0.1, 0.15) is 25.0 Å². The van der Waals surface area contributed by atoms with E-state index in [9.17, 15) is 4.79 Å². The van der Waals surface area contributed by atoms with Crippen molar-refractivity contribution in [2.24, 2.45) is 0 Å². The van der Waals surface area contributed by atoms with Gasteiger partial charge in [-0.25, -0.2) is 14.5 Å². The Morgan fingerprint density at radius 2 is 2.00 bits per heavy atom. The zero-order chi connectivity index (χ0) is 24.4. The fraction of sp³-hybridized carbons (Fsp3) is 0.346. The Balaban J connectivity index is 1.42. The number of nitrogens with zero attached hydrogens (tertiary/aromatic N) is 4. The molecule has 0 spiro atoms. The number of rotatable bonds is 8. The normalized spacial score (nSPS) is 13.7. The van der Waals surface area contributed by atoms with Crippen molar-refractivity contribution < 1.29 is 14.3 Å². The summed E-state index contributed by atoms with van der Waals surface area (Å²) >= 11 is 0. The maximum atomic E-state index is 11.9. The number of nitrogen functional groups attached to an aromatic ring is 1. The Morgan fingerprint density at radius 3 is 2.66 bits per heavy atom. The summed E-state index contributed by atoms with van der Waals surface area (Å²) in [7, 11) is 0. The molecule has 0 atom stereocenters. The number of fused-ring (bicyclic) bond motifs is 1. The summed E-state index contributed by atoms with van der Waals surface area (Å²) in [6, 6.07) is 14.2. The van der Waals surface area contributed by atoms with Crippen LogP contribution in [0.5, 0.6) is 5.75 Å². The second-order valence-corrected chi connectivity index (χ2v) is 9.06. The van der Waals surface area contributed by atoms with Crippen molar-refractivity contribution in [2.75, 3.05) is 17.7 Å². The average Bonchev–Trinajstić information content (AvgIpc) is 3.40. The van der Waals surface area contributed by atoms with Gasteiger partial charge in [-0.2, -0.15) is 5.10 Å². The first-order valence-corrected chi connectivity index (χ1v) is 12.0. The first-order valence-electron chi connectivity index (χ1n) is 12.0. The number of nitrogens with two attached hydrogens (primary N) is 1. The zero-order valence-electron chi connectivity index (χ0n) is 20.0. The number of amides is 1. The maximum Gasteiger partial charge on any atom is 0.411 e. The second kappa shape index (κ2) is 9.69. The molecule has 1 aliphatic rings. The number of anilines is 2. The SMILES string of the molecule is CC(C)OC(=O)Nc1ccc(-c2c(N)c3cc(OCCn4cncn4)ccc3n2C2CCC2)cc1. The van der Waals surface area contributed by atoms with Crippen molar-refractivity contribution in [3.63, 3.8) is 0 Å². The average molecular weight is 475 g/mol. The van der Waals surface area contributed by atoms with Crippen LogP contribution in [0.1, 0.15) is 39.2 Å². The van der Waals surface area contributed by atoms with E-state index in [0.717, 1.165) is 46.4 Å². The van der Waals surface area contributed by atoms with Crippen molar-refractivity contribution in [3.05, 3.63) is 55.1 Å². The lowest BCUT2D eigenvalue weighted by Crippen LogP contribution is -2.18. The van der Waals surface area contributed by atoms with E-state index in [1.54, 1.807) is 11.0 Å². The van der Waals surface area contributed by atoms with E-state index in [4.69, 9.17) is 15.2 Å². The monoisotopic (exact) mass is 474 g/mol. The molecular weight excluding hydrogens is 444 g/mol. The molecule has 2 heterocycles. The van der Waals surface area contributed by atoms with Crippen LogP contribution in [0.2, 0.25) is 0 Å². The topological polar surface area (TPSA) is 109 Å². The van der Waals surface area contributed by atoms with Crippen LogP contribution in [-0.2, 0) is 11.3 Å². The number of ether oxygens (including phenoxy) is 2. The largest absolute Gasteiger partial charge is 0.492 e. The van der Waals surface area contributed by atoms with E-state index in [-0.39, 0.29) is 6.10 Å². The molecule has 0 aliphatic heterocycles. The van der Waals surface area contributed by atoms with Gasteiger partial charge in [-0.3, -0.25) is 5.32 Å². The molecule has 1 saturated carbocycles. The van der Waals surface area contributed by atoms with Crippen molar-refractivity contribution in [3.8, 4) is 17.0 Å². The fourth-order valence-electron chi connectivity index (χ4n) is 4.41. The third-order valence-electron chi connectivity index (χ3n) is 6.26. The second-order valence-electron chi connectivity index (χ2n) is 9.06. The quantitative estimate of drug-likeness (QED) is 0.361. The minimum Gasteiger partial charge on any atom is -0.492 e. The molecule has 1 fully saturated rings. The summed E-state index contributed by atoms with van der Waals surface area (Å²) in [6.07, 6.45) is 6.02. The first kappa shape index (κ1) is 22.8. The van der Waals surface area contributed by atoms with Crippen LogP contribution in [0.25, 0.3) is 22.2 Å². The lowest BCUT2D eigenvalue weighted by molar-refractivity contribution is 0.130. The minimum atomic E-state index is -0.466. The van der Waals surface area contributed by atoms with E-state index in [2.05, 4.69) is 26.0 Å².